The number of hydrogen-bond acceptors (Lipinski definition) is 6. The van der Waals surface area contributed by atoms with Crippen LogP contribution in [0.4, 0.5) is 5.69 Å². The third-order valence-corrected chi connectivity index (χ3v) is 7.31. The predicted octanol–water partition coefficient (Wildman–Crippen LogP) is 3.17. The first-order valence-corrected chi connectivity index (χ1v) is 11.9. The molecule has 9 heteroatoms. The minimum atomic E-state index is -3.67. The number of hydrogen-bond donors (Lipinski definition) is 1. The Morgan fingerprint density at radius 2 is 1.69 bits per heavy atom. The van der Waals surface area contributed by atoms with Crippen molar-refractivity contribution in [1.82, 2.24) is 4.31 Å². The molecule has 8 nitrogen and oxygen atoms in total. The van der Waals surface area contributed by atoms with Crippen molar-refractivity contribution in [2.75, 3.05) is 25.0 Å². The maximum Gasteiger partial charge on any atom is 0.338 e. The van der Waals surface area contributed by atoms with Crippen LogP contribution in [0.2, 0.25) is 0 Å². The summed E-state index contributed by atoms with van der Waals surface area (Å²) in [6.45, 7) is 2.16. The van der Waals surface area contributed by atoms with Crippen molar-refractivity contribution in [3.05, 3.63) is 59.2 Å². The Balaban J connectivity index is 1.65. The van der Waals surface area contributed by atoms with E-state index in [1.54, 1.807) is 19.1 Å². The van der Waals surface area contributed by atoms with E-state index in [-0.39, 0.29) is 10.5 Å². The number of carbonyl (C=O) groups is 3. The second-order valence-corrected chi connectivity index (χ2v) is 9.57. The number of aryl methyl sites for hydroxylation is 1. The zero-order valence-corrected chi connectivity index (χ0v) is 18.7. The molecule has 32 heavy (non-hydrogen) atoms. The Morgan fingerprint density at radius 3 is 2.31 bits per heavy atom. The summed E-state index contributed by atoms with van der Waals surface area (Å²) in [5, 5.41) is 2.58. The molecule has 1 saturated heterocycles. The molecule has 1 aliphatic rings. The normalized spacial score (nSPS) is 14.9. The van der Waals surface area contributed by atoms with Crippen LogP contribution in [0.1, 0.15) is 52.0 Å². The lowest BCUT2D eigenvalue weighted by Crippen LogP contribution is -2.32. The second-order valence-electron chi connectivity index (χ2n) is 7.66. The van der Waals surface area contributed by atoms with Crippen LogP contribution in [0.5, 0.6) is 0 Å². The Bertz CT molecular complexity index is 1090. The summed E-state index contributed by atoms with van der Waals surface area (Å²) in [4.78, 5) is 35.1. The van der Waals surface area contributed by atoms with E-state index in [4.69, 9.17) is 4.74 Å². The lowest BCUT2D eigenvalue weighted by Gasteiger charge is -2.21. The van der Waals surface area contributed by atoms with E-state index in [1.807, 2.05) is 0 Å². The first-order chi connectivity index (χ1) is 15.3. The molecule has 2 aromatic rings. The van der Waals surface area contributed by atoms with Gasteiger partial charge in [0.25, 0.3) is 5.91 Å². The van der Waals surface area contributed by atoms with Crippen LogP contribution in [0, 0.1) is 6.92 Å². The van der Waals surface area contributed by atoms with Crippen LogP contribution in [0.15, 0.2) is 47.4 Å². The zero-order chi connectivity index (χ0) is 23.1. The number of ether oxygens (including phenoxy) is 1. The standard InChI is InChI=1S/C23H26N2O6S/c1-17-6-11-20(14-21(17)32(29,30)25-12-4-2-3-5-13-25)24-22(27)16-31-23(28)19-9-7-18(15-26)8-10-19/h6-11,14-15H,2-5,12-13,16H2,1H3,(H,24,27). The highest BCUT2D eigenvalue weighted by atomic mass is 32.2. The number of rotatable bonds is 7. The maximum atomic E-state index is 13.1. The molecule has 1 heterocycles. The Hall–Kier alpha value is -3.04. The third kappa shape index (κ3) is 5.80. The highest BCUT2D eigenvalue weighted by Crippen LogP contribution is 2.25. The highest BCUT2D eigenvalue weighted by Gasteiger charge is 2.27. The van der Waals surface area contributed by atoms with E-state index in [2.05, 4.69) is 5.32 Å². The first kappa shape index (κ1) is 23.6. The van der Waals surface area contributed by atoms with Gasteiger partial charge in [-0.05, 0) is 49.6 Å². The van der Waals surface area contributed by atoms with Gasteiger partial charge in [0.2, 0.25) is 10.0 Å². The van der Waals surface area contributed by atoms with Gasteiger partial charge in [0.15, 0.2) is 6.61 Å². The summed E-state index contributed by atoms with van der Waals surface area (Å²) in [5.74, 6) is -1.30. The van der Waals surface area contributed by atoms with Crippen molar-refractivity contribution in [2.45, 2.75) is 37.5 Å². The SMILES string of the molecule is Cc1ccc(NC(=O)COC(=O)c2ccc(C=O)cc2)cc1S(=O)(=O)N1CCCCCC1. The predicted molar refractivity (Wildman–Crippen MR) is 119 cm³/mol. The summed E-state index contributed by atoms with van der Waals surface area (Å²) in [6, 6.07) is 10.5. The van der Waals surface area contributed by atoms with Gasteiger partial charge in [-0.3, -0.25) is 9.59 Å². The molecule has 170 valence electrons. The molecule has 0 spiro atoms. The number of esters is 1. The quantitative estimate of drug-likeness (QED) is 0.504. The number of nitrogens with one attached hydrogen (secondary N) is 1. The molecule has 1 fully saturated rings. The van der Waals surface area contributed by atoms with Crippen molar-refractivity contribution in [1.29, 1.82) is 0 Å². The summed E-state index contributed by atoms with van der Waals surface area (Å²) in [7, 11) is -3.67. The van der Waals surface area contributed by atoms with E-state index < -0.39 is 28.5 Å². The van der Waals surface area contributed by atoms with Crippen LogP contribution < -0.4 is 5.32 Å². The summed E-state index contributed by atoms with van der Waals surface area (Å²) in [5.41, 5.74) is 1.53. The summed E-state index contributed by atoms with van der Waals surface area (Å²) < 4.78 is 32.8. The van der Waals surface area contributed by atoms with E-state index in [0.29, 0.717) is 36.2 Å². The van der Waals surface area contributed by atoms with E-state index in [1.165, 1.54) is 34.6 Å². The number of anilines is 1. The molecule has 0 bridgehead atoms. The molecule has 0 saturated carbocycles. The molecule has 1 N–H and O–H groups in total. The van der Waals surface area contributed by atoms with Gasteiger partial charge in [0, 0.05) is 24.3 Å². The number of aldehydes is 1. The molecule has 1 aliphatic heterocycles. The van der Waals surface area contributed by atoms with E-state index in [9.17, 15) is 22.8 Å². The van der Waals surface area contributed by atoms with Crippen LogP contribution in [-0.4, -0.2) is 50.6 Å². The number of sulfonamides is 1. The maximum absolute atomic E-state index is 13.1. The molecular formula is C23H26N2O6S. The lowest BCUT2D eigenvalue weighted by molar-refractivity contribution is -0.119. The second kappa shape index (κ2) is 10.5. The molecule has 2 aromatic carbocycles. The minimum Gasteiger partial charge on any atom is -0.452 e. The number of benzene rings is 2. The lowest BCUT2D eigenvalue weighted by atomic mass is 10.1. The van der Waals surface area contributed by atoms with Crippen LogP contribution in [0.25, 0.3) is 0 Å². The van der Waals surface area contributed by atoms with Crippen molar-refractivity contribution in [3.8, 4) is 0 Å². The van der Waals surface area contributed by atoms with Gasteiger partial charge in [-0.1, -0.05) is 31.0 Å². The van der Waals surface area contributed by atoms with Gasteiger partial charge >= 0.3 is 5.97 Å². The third-order valence-electron chi connectivity index (χ3n) is 5.27. The van der Waals surface area contributed by atoms with E-state index in [0.717, 1.165) is 25.7 Å². The van der Waals surface area contributed by atoms with Crippen LogP contribution in [-0.2, 0) is 19.6 Å². The van der Waals surface area contributed by atoms with Crippen LogP contribution >= 0.6 is 0 Å². The number of nitrogens with zero attached hydrogens (tertiary/aromatic N) is 1. The fourth-order valence-electron chi connectivity index (χ4n) is 3.49. The first-order valence-electron chi connectivity index (χ1n) is 10.4. The smallest absolute Gasteiger partial charge is 0.338 e. The van der Waals surface area contributed by atoms with Gasteiger partial charge in [-0.25, -0.2) is 13.2 Å². The van der Waals surface area contributed by atoms with Gasteiger partial charge in [0.05, 0.1) is 10.5 Å². The largest absolute Gasteiger partial charge is 0.452 e. The fourth-order valence-corrected chi connectivity index (χ4v) is 5.25. The highest BCUT2D eigenvalue weighted by molar-refractivity contribution is 7.89. The average Bonchev–Trinajstić information content (AvgIpc) is 3.09. The molecule has 0 aliphatic carbocycles. The summed E-state index contributed by atoms with van der Waals surface area (Å²) >= 11 is 0. The minimum absolute atomic E-state index is 0.157. The van der Waals surface area contributed by atoms with Gasteiger partial charge in [0.1, 0.15) is 6.29 Å². The molecule has 3 rings (SSSR count). The number of carbonyl (C=O) groups excluding carboxylic acids is 3. The molecule has 0 unspecified atom stereocenters. The van der Waals surface area contributed by atoms with Gasteiger partial charge in [-0.15, -0.1) is 0 Å². The molecule has 0 radical (unpaired) electrons. The van der Waals surface area contributed by atoms with Crippen molar-refractivity contribution in [3.63, 3.8) is 0 Å². The average molecular weight is 459 g/mol. The monoisotopic (exact) mass is 458 g/mol. The Morgan fingerprint density at radius 1 is 1.03 bits per heavy atom. The Labute approximate surface area is 187 Å². The molecular weight excluding hydrogens is 432 g/mol. The Kier molecular flexibility index (Phi) is 7.76. The van der Waals surface area contributed by atoms with Gasteiger partial charge < -0.3 is 10.1 Å². The van der Waals surface area contributed by atoms with Crippen molar-refractivity contribution >= 4 is 33.9 Å². The van der Waals surface area contributed by atoms with E-state index >= 15 is 0 Å². The topological polar surface area (TPSA) is 110 Å². The summed E-state index contributed by atoms with van der Waals surface area (Å²) in [6.07, 6.45) is 4.35. The molecule has 0 atom stereocenters. The zero-order valence-electron chi connectivity index (χ0n) is 17.9. The fraction of sp³-hybridized carbons (Fsp3) is 0.348. The van der Waals surface area contributed by atoms with Crippen molar-refractivity contribution < 1.29 is 27.5 Å². The van der Waals surface area contributed by atoms with Crippen LogP contribution in [0.3, 0.4) is 0 Å². The molecule has 0 aromatic heterocycles. The van der Waals surface area contributed by atoms with Gasteiger partial charge in [-0.2, -0.15) is 4.31 Å². The number of amides is 1. The van der Waals surface area contributed by atoms with Crippen molar-refractivity contribution in [2.24, 2.45) is 0 Å². The molecule has 1 amide bonds.